The van der Waals surface area contributed by atoms with Crippen molar-refractivity contribution in [3.05, 3.63) is 59.8 Å². The van der Waals surface area contributed by atoms with Gasteiger partial charge in [0.15, 0.2) is 11.9 Å². The molecule has 1 saturated heterocycles. The second kappa shape index (κ2) is 9.82. The van der Waals surface area contributed by atoms with E-state index in [-0.39, 0.29) is 17.6 Å². The van der Waals surface area contributed by atoms with Gasteiger partial charge in [-0.15, -0.1) is 0 Å². The number of aliphatic hydroxyl groups is 1. The zero-order chi connectivity index (χ0) is 25.2. The molecule has 0 aromatic carbocycles. The fraction of sp³-hybridized carbons (Fsp3) is 0.308. The van der Waals surface area contributed by atoms with Crippen LogP contribution in [0.3, 0.4) is 0 Å². The predicted octanol–water partition coefficient (Wildman–Crippen LogP) is 2.51. The van der Waals surface area contributed by atoms with E-state index in [1.54, 1.807) is 23.5 Å². The molecule has 1 aliphatic rings. The number of nitrogens with two attached hydrogens (primary N) is 1. The molecular weight excluding hydrogens is 458 g/mol. The summed E-state index contributed by atoms with van der Waals surface area (Å²) in [5.41, 5.74) is 12.3. The van der Waals surface area contributed by atoms with Gasteiger partial charge in [-0.25, -0.2) is 4.98 Å². The van der Waals surface area contributed by atoms with E-state index >= 15 is 0 Å². The highest BCUT2D eigenvalue weighted by molar-refractivity contribution is 5.87. The van der Waals surface area contributed by atoms with Gasteiger partial charge in [0.1, 0.15) is 12.4 Å². The van der Waals surface area contributed by atoms with Gasteiger partial charge in [-0.3, -0.25) is 19.6 Å². The van der Waals surface area contributed by atoms with E-state index in [0.717, 1.165) is 40.8 Å². The minimum absolute atomic E-state index is 0.0389. The third-order valence-electron chi connectivity index (χ3n) is 6.79. The fourth-order valence-corrected chi connectivity index (χ4v) is 4.74. The SMILES string of the molecule is CCc1cc(-c2ccc(-c3cnn4c(N)c(C=O)c(C5CCN(C(=O)CO)CC5)nc34)cn2)ccn1. The first-order valence-electron chi connectivity index (χ1n) is 12.0. The maximum Gasteiger partial charge on any atom is 0.248 e. The second-order valence-electron chi connectivity index (χ2n) is 8.84. The number of carbonyl (C=O) groups is 2. The van der Waals surface area contributed by atoms with Crippen LogP contribution < -0.4 is 5.73 Å². The van der Waals surface area contributed by atoms with E-state index in [9.17, 15) is 9.59 Å². The molecule has 0 radical (unpaired) electrons. The molecule has 1 fully saturated rings. The molecular formula is C26H27N7O3. The van der Waals surface area contributed by atoms with E-state index in [1.807, 2.05) is 24.3 Å². The average Bonchev–Trinajstić information content (AvgIpc) is 3.37. The molecule has 4 aromatic heterocycles. The van der Waals surface area contributed by atoms with Crippen LogP contribution in [0.4, 0.5) is 5.82 Å². The van der Waals surface area contributed by atoms with Crippen molar-refractivity contribution in [1.82, 2.24) is 29.5 Å². The van der Waals surface area contributed by atoms with Gasteiger partial charge >= 0.3 is 0 Å². The zero-order valence-corrected chi connectivity index (χ0v) is 20.0. The highest BCUT2D eigenvalue weighted by Crippen LogP contribution is 2.34. The Morgan fingerprint density at radius 2 is 1.97 bits per heavy atom. The molecule has 1 aliphatic heterocycles. The standard InChI is InChI=1S/C26H27N7O3/c1-2-19-11-17(5-8-28-19)22-4-3-18(12-29-22)20-13-30-33-25(27)21(14-34)24(31-26(20)33)16-6-9-32(10-7-16)23(36)15-35/h3-5,8,11-14,16,35H,2,6-7,9-10,15,27H2,1H3. The fourth-order valence-electron chi connectivity index (χ4n) is 4.74. The van der Waals surface area contributed by atoms with Gasteiger partial charge in [0.05, 0.1) is 23.1 Å². The first-order chi connectivity index (χ1) is 17.5. The summed E-state index contributed by atoms with van der Waals surface area (Å²) in [5, 5.41) is 13.5. The number of likely N-dealkylation sites (tertiary alicyclic amines) is 1. The first-order valence-corrected chi connectivity index (χ1v) is 12.0. The van der Waals surface area contributed by atoms with Crippen LogP contribution in [0.25, 0.3) is 28.0 Å². The molecule has 5 heterocycles. The van der Waals surface area contributed by atoms with Gasteiger partial charge in [-0.2, -0.15) is 9.61 Å². The molecule has 3 N–H and O–H groups in total. The van der Waals surface area contributed by atoms with Crippen LogP contribution in [0, 0.1) is 0 Å². The monoisotopic (exact) mass is 485 g/mol. The number of pyridine rings is 2. The molecule has 5 rings (SSSR count). The summed E-state index contributed by atoms with van der Waals surface area (Å²) in [7, 11) is 0. The Balaban J connectivity index is 1.50. The number of amides is 1. The Morgan fingerprint density at radius 3 is 2.64 bits per heavy atom. The number of nitrogens with zero attached hydrogens (tertiary/aromatic N) is 6. The van der Waals surface area contributed by atoms with Crippen molar-refractivity contribution in [2.75, 3.05) is 25.4 Å². The number of aliphatic hydroxyl groups excluding tert-OH is 1. The molecule has 0 aliphatic carbocycles. The number of hydrogen-bond acceptors (Lipinski definition) is 8. The van der Waals surface area contributed by atoms with Gasteiger partial charge in [0.25, 0.3) is 0 Å². The minimum atomic E-state index is -0.506. The number of hydrogen-bond donors (Lipinski definition) is 2. The summed E-state index contributed by atoms with van der Waals surface area (Å²) < 4.78 is 1.48. The zero-order valence-electron chi connectivity index (χ0n) is 20.0. The number of aryl methyl sites for hydroxylation is 1. The lowest BCUT2D eigenvalue weighted by Gasteiger charge is -2.32. The lowest BCUT2D eigenvalue weighted by Crippen LogP contribution is -2.39. The van der Waals surface area contributed by atoms with Crippen LogP contribution >= 0.6 is 0 Å². The van der Waals surface area contributed by atoms with E-state index in [2.05, 4.69) is 22.0 Å². The predicted molar refractivity (Wildman–Crippen MR) is 134 cm³/mol. The number of nitrogen functional groups attached to an aromatic ring is 1. The number of fused-ring (bicyclic) bond motifs is 1. The van der Waals surface area contributed by atoms with Crippen molar-refractivity contribution in [2.24, 2.45) is 0 Å². The number of piperidine rings is 1. The molecule has 0 atom stereocenters. The Kier molecular flexibility index (Phi) is 6.43. The summed E-state index contributed by atoms with van der Waals surface area (Å²) in [6.45, 7) is 2.53. The average molecular weight is 486 g/mol. The molecule has 10 heteroatoms. The lowest BCUT2D eigenvalue weighted by atomic mass is 9.90. The van der Waals surface area contributed by atoms with Gasteiger partial charge < -0.3 is 15.7 Å². The van der Waals surface area contributed by atoms with E-state index < -0.39 is 6.61 Å². The summed E-state index contributed by atoms with van der Waals surface area (Å²) in [4.78, 5) is 39.3. The maximum atomic E-state index is 12.0. The Hall–Kier alpha value is -4.18. The van der Waals surface area contributed by atoms with E-state index in [1.165, 1.54) is 4.52 Å². The number of carbonyl (C=O) groups excluding carboxylic acids is 2. The maximum absolute atomic E-state index is 12.0. The summed E-state index contributed by atoms with van der Waals surface area (Å²) in [6.07, 6.45) is 8.07. The summed E-state index contributed by atoms with van der Waals surface area (Å²) in [5.74, 6) is -0.0970. The summed E-state index contributed by atoms with van der Waals surface area (Å²) in [6, 6.07) is 7.89. The van der Waals surface area contributed by atoms with Crippen molar-refractivity contribution in [2.45, 2.75) is 32.1 Å². The van der Waals surface area contributed by atoms with Gasteiger partial charge in [0.2, 0.25) is 5.91 Å². The molecule has 0 saturated carbocycles. The lowest BCUT2D eigenvalue weighted by molar-refractivity contribution is -0.135. The highest BCUT2D eigenvalue weighted by atomic mass is 16.3. The second-order valence-corrected chi connectivity index (χ2v) is 8.84. The van der Waals surface area contributed by atoms with Gasteiger partial charge in [0, 0.05) is 53.8 Å². The summed E-state index contributed by atoms with van der Waals surface area (Å²) >= 11 is 0. The largest absolute Gasteiger partial charge is 0.387 e. The number of rotatable bonds is 6. The van der Waals surface area contributed by atoms with Crippen LogP contribution in [0.2, 0.25) is 0 Å². The third kappa shape index (κ3) is 4.20. The molecule has 0 bridgehead atoms. The quantitative estimate of drug-likeness (QED) is 0.397. The van der Waals surface area contributed by atoms with Crippen molar-refractivity contribution < 1.29 is 14.7 Å². The molecule has 36 heavy (non-hydrogen) atoms. The van der Waals surface area contributed by atoms with Crippen molar-refractivity contribution >= 4 is 23.7 Å². The molecule has 4 aromatic rings. The first kappa shape index (κ1) is 23.6. The molecule has 1 amide bonds. The van der Waals surface area contributed by atoms with Crippen LogP contribution in [0.15, 0.2) is 42.9 Å². The van der Waals surface area contributed by atoms with Gasteiger partial charge in [-0.05, 0) is 37.5 Å². The van der Waals surface area contributed by atoms with Crippen LogP contribution in [0.5, 0.6) is 0 Å². The smallest absolute Gasteiger partial charge is 0.248 e. The number of aldehydes is 1. The topological polar surface area (TPSA) is 140 Å². The number of anilines is 1. The van der Waals surface area contributed by atoms with E-state index in [4.69, 9.17) is 15.8 Å². The van der Waals surface area contributed by atoms with Crippen molar-refractivity contribution in [3.8, 4) is 22.4 Å². The number of aromatic nitrogens is 5. The van der Waals surface area contributed by atoms with Gasteiger partial charge in [-0.1, -0.05) is 13.0 Å². The minimum Gasteiger partial charge on any atom is -0.387 e. The normalized spacial score (nSPS) is 14.3. The Labute approximate surface area is 207 Å². The van der Waals surface area contributed by atoms with Crippen molar-refractivity contribution in [3.63, 3.8) is 0 Å². The molecule has 10 nitrogen and oxygen atoms in total. The van der Waals surface area contributed by atoms with Crippen molar-refractivity contribution in [1.29, 1.82) is 0 Å². The van der Waals surface area contributed by atoms with Crippen LogP contribution in [0.1, 0.15) is 47.4 Å². The Bertz CT molecular complexity index is 1420. The molecule has 0 spiro atoms. The highest BCUT2D eigenvalue weighted by Gasteiger charge is 2.28. The third-order valence-corrected chi connectivity index (χ3v) is 6.79. The van der Waals surface area contributed by atoms with Crippen LogP contribution in [-0.4, -0.2) is 66.5 Å². The van der Waals surface area contributed by atoms with Crippen LogP contribution in [-0.2, 0) is 11.2 Å². The van der Waals surface area contributed by atoms with E-state index in [0.29, 0.717) is 42.8 Å². The molecule has 0 unspecified atom stereocenters. The molecule has 184 valence electrons. The Morgan fingerprint density at radius 1 is 1.17 bits per heavy atom.